The smallest absolute Gasteiger partial charge is 0.255 e. The normalized spacial score (nSPS) is 18.5. The van der Waals surface area contributed by atoms with Gasteiger partial charge in [-0.3, -0.25) is 9.59 Å². The maximum absolute atomic E-state index is 12.5. The fourth-order valence-corrected chi connectivity index (χ4v) is 3.68. The Balaban J connectivity index is 1.67. The second-order valence-corrected chi connectivity index (χ2v) is 6.71. The van der Waals surface area contributed by atoms with Gasteiger partial charge in [0.25, 0.3) is 5.91 Å². The van der Waals surface area contributed by atoms with Gasteiger partial charge in [0.05, 0.1) is 11.6 Å². The number of aryl methyl sites for hydroxylation is 2. The number of hydrogen-bond acceptors (Lipinski definition) is 2. The molecule has 2 aliphatic rings. The van der Waals surface area contributed by atoms with Crippen LogP contribution in [0.15, 0.2) is 36.4 Å². The zero-order chi connectivity index (χ0) is 16.8. The van der Waals surface area contributed by atoms with E-state index in [9.17, 15) is 9.59 Å². The maximum atomic E-state index is 12.5. The summed E-state index contributed by atoms with van der Waals surface area (Å²) in [5.74, 6) is -0.0761. The Morgan fingerprint density at radius 2 is 1.96 bits per heavy atom. The first-order valence-electron chi connectivity index (χ1n) is 8.41. The molecule has 2 aromatic carbocycles. The number of hydrogen-bond donors (Lipinski definition) is 1. The molecular formula is C20H20N2O2. The Hall–Kier alpha value is -2.62. The molecular weight excluding hydrogens is 300 g/mol. The van der Waals surface area contributed by atoms with Gasteiger partial charge in [0.15, 0.2) is 0 Å². The number of amides is 2. The minimum Gasteiger partial charge on any atom is -0.322 e. The standard InChI is InChI=1S/C20H20N2O2/c1-12-5-7-14(8-6-12)19(23)21-16-10-15-4-3-9-22-18(15)17(11-16)13(2)20(22)24/h5-8,10-11,13H,3-4,9H2,1-2H3,(H,21,23). The number of carbonyl (C=O) groups excluding carboxylic acids is 2. The second kappa shape index (κ2) is 5.48. The van der Waals surface area contributed by atoms with E-state index >= 15 is 0 Å². The molecule has 0 aromatic heterocycles. The van der Waals surface area contributed by atoms with E-state index in [-0.39, 0.29) is 17.7 Å². The second-order valence-electron chi connectivity index (χ2n) is 6.71. The lowest BCUT2D eigenvalue weighted by Gasteiger charge is -2.26. The molecule has 4 nitrogen and oxygen atoms in total. The van der Waals surface area contributed by atoms with E-state index in [1.807, 2.05) is 55.1 Å². The maximum Gasteiger partial charge on any atom is 0.255 e. The monoisotopic (exact) mass is 320 g/mol. The molecule has 24 heavy (non-hydrogen) atoms. The molecule has 2 amide bonds. The molecule has 0 radical (unpaired) electrons. The lowest BCUT2D eigenvalue weighted by atomic mass is 9.96. The molecule has 4 heteroatoms. The summed E-state index contributed by atoms with van der Waals surface area (Å²) in [6.45, 7) is 4.75. The zero-order valence-electron chi connectivity index (χ0n) is 13.9. The van der Waals surface area contributed by atoms with Crippen molar-refractivity contribution in [3.8, 4) is 0 Å². The molecule has 2 heterocycles. The topological polar surface area (TPSA) is 49.4 Å². The molecule has 1 unspecified atom stereocenters. The first-order chi connectivity index (χ1) is 11.5. The van der Waals surface area contributed by atoms with Gasteiger partial charge in [-0.1, -0.05) is 17.7 Å². The van der Waals surface area contributed by atoms with Gasteiger partial charge in [0.1, 0.15) is 0 Å². The summed E-state index contributed by atoms with van der Waals surface area (Å²) in [5, 5.41) is 2.99. The van der Waals surface area contributed by atoms with Crippen LogP contribution in [0.4, 0.5) is 11.4 Å². The van der Waals surface area contributed by atoms with E-state index in [1.54, 1.807) is 0 Å². The van der Waals surface area contributed by atoms with Gasteiger partial charge in [-0.2, -0.15) is 0 Å². The van der Waals surface area contributed by atoms with Crippen molar-refractivity contribution >= 4 is 23.2 Å². The summed E-state index contributed by atoms with van der Waals surface area (Å²) in [6.07, 6.45) is 1.92. The average molecular weight is 320 g/mol. The Morgan fingerprint density at radius 1 is 1.21 bits per heavy atom. The Morgan fingerprint density at radius 3 is 2.71 bits per heavy atom. The van der Waals surface area contributed by atoms with Crippen LogP contribution in [0, 0.1) is 6.92 Å². The summed E-state index contributed by atoms with van der Waals surface area (Å²) in [6, 6.07) is 11.5. The molecule has 1 N–H and O–H groups in total. The molecule has 0 saturated carbocycles. The highest BCUT2D eigenvalue weighted by Gasteiger charge is 2.37. The lowest BCUT2D eigenvalue weighted by Crippen LogP contribution is -2.32. The van der Waals surface area contributed by atoms with Crippen molar-refractivity contribution in [3.05, 3.63) is 58.7 Å². The van der Waals surface area contributed by atoms with E-state index in [0.29, 0.717) is 5.56 Å². The van der Waals surface area contributed by atoms with Crippen molar-refractivity contribution in [2.45, 2.75) is 32.6 Å². The summed E-state index contributed by atoms with van der Waals surface area (Å²) in [7, 11) is 0. The van der Waals surface area contributed by atoms with Gasteiger partial charge >= 0.3 is 0 Å². The number of nitrogens with zero attached hydrogens (tertiary/aromatic N) is 1. The predicted molar refractivity (Wildman–Crippen MR) is 94.7 cm³/mol. The van der Waals surface area contributed by atoms with Crippen LogP contribution in [0.1, 0.15) is 46.3 Å². The Bertz CT molecular complexity index is 839. The van der Waals surface area contributed by atoms with E-state index in [0.717, 1.165) is 47.5 Å². The van der Waals surface area contributed by atoms with Crippen LogP contribution < -0.4 is 10.2 Å². The molecule has 122 valence electrons. The molecule has 0 saturated heterocycles. The van der Waals surface area contributed by atoms with E-state index < -0.39 is 0 Å². The van der Waals surface area contributed by atoms with Crippen molar-refractivity contribution in [3.63, 3.8) is 0 Å². The van der Waals surface area contributed by atoms with Crippen LogP contribution in [0.5, 0.6) is 0 Å². The largest absolute Gasteiger partial charge is 0.322 e. The lowest BCUT2D eigenvalue weighted by molar-refractivity contribution is -0.119. The molecule has 0 fully saturated rings. The molecule has 0 spiro atoms. The number of benzene rings is 2. The van der Waals surface area contributed by atoms with Crippen molar-refractivity contribution in [2.75, 3.05) is 16.8 Å². The van der Waals surface area contributed by atoms with Crippen LogP contribution in [0.25, 0.3) is 0 Å². The number of anilines is 2. The van der Waals surface area contributed by atoms with Crippen molar-refractivity contribution < 1.29 is 9.59 Å². The number of rotatable bonds is 2. The van der Waals surface area contributed by atoms with Crippen LogP contribution in [-0.4, -0.2) is 18.4 Å². The van der Waals surface area contributed by atoms with Crippen molar-refractivity contribution in [1.29, 1.82) is 0 Å². The minimum absolute atomic E-state index is 0.119. The number of carbonyl (C=O) groups is 2. The van der Waals surface area contributed by atoms with Gasteiger partial charge in [0, 0.05) is 17.8 Å². The first kappa shape index (κ1) is 14.9. The Kier molecular flexibility index (Phi) is 3.41. The summed E-state index contributed by atoms with van der Waals surface area (Å²) in [4.78, 5) is 26.8. The van der Waals surface area contributed by atoms with Crippen molar-refractivity contribution in [2.24, 2.45) is 0 Å². The predicted octanol–water partition coefficient (Wildman–Crippen LogP) is 3.64. The van der Waals surface area contributed by atoms with Crippen molar-refractivity contribution in [1.82, 2.24) is 0 Å². The molecule has 2 aromatic rings. The third kappa shape index (κ3) is 2.30. The van der Waals surface area contributed by atoms with Crippen LogP contribution in [0.3, 0.4) is 0 Å². The zero-order valence-corrected chi connectivity index (χ0v) is 13.9. The van der Waals surface area contributed by atoms with E-state index in [4.69, 9.17) is 0 Å². The van der Waals surface area contributed by atoms with E-state index in [2.05, 4.69) is 5.32 Å². The third-order valence-electron chi connectivity index (χ3n) is 4.99. The van der Waals surface area contributed by atoms with E-state index in [1.165, 1.54) is 0 Å². The molecule has 4 rings (SSSR count). The van der Waals surface area contributed by atoms with Gasteiger partial charge in [-0.25, -0.2) is 0 Å². The highest BCUT2D eigenvalue weighted by Crippen LogP contribution is 2.44. The van der Waals surface area contributed by atoms with Gasteiger partial charge in [-0.05, 0) is 62.1 Å². The minimum atomic E-state index is -0.131. The highest BCUT2D eigenvalue weighted by molar-refractivity contribution is 6.08. The summed E-state index contributed by atoms with van der Waals surface area (Å²) < 4.78 is 0. The first-order valence-corrected chi connectivity index (χ1v) is 8.41. The number of nitrogens with one attached hydrogen (secondary N) is 1. The molecule has 0 aliphatic carbocycles. The van der Waals surface area contributed by atoms with Gasteiger partial charge in [-0.15, -0.1) is 0 Å². The molecule has 0 bridgehead atoms. The SMILES string of the molecule is Cc1ccc(C(=O)Nc2cc3c4c(c2)C(C)C(=O)N4CCC3)cc1. The van der Waals surface area contributed by atoms with Crippen LogP contribution in [0.2, 0.25) is 0 Å². The average Bonchev–Trinajstić information content (AvgIpc) is 2.82. The fraction of sp³-hybridized carbons (Fsp3) is 0.300. The fourth-order valence-electron chi connectivity index (χ4n) is 3.68. The summed E-state index contributed by atoms with van der Waals surface area (Å²) in [5.41, 5.74) is 5.82. The quantitative estimate of drug-likeness (QED) is 0.918. The third-order valence-corrected chi connectivity index (χ3v) is 4.99. The van der Waals surface area contributed by atoms with Gasteiger partial charge < -0.3 is 10.2 Å². The molecule has 1 atom stereocenters. The van der Waals surface area contributed by atoms with Crippen LogP contribution >= 0.6 is 0 Å². The summed E-state index contributed by atoms with van der Waals surface area (Å²) >= 11 is 0. The highest BCUT2D eigenvalue weighted by atomic mass is 16.2. The van der Waals surface area contributed by atoms with Gasteiger partial charge in [0.2, 0.25) is 5.91 Å². The molecule has 2 aliphatic heterocycles. The van der Waals surface area contributed by atoms with Crippen LogP contribution in [-0.2, 0) is 11.2 Å². The Labute approximate surface area is 141 Å².